The molecule has 1 aliphatic rings. The highest BCUT2D eigenvalue weighted by Crippen LogP contribution is 2.37. The highest BCUT2D eigenvalue weighted by Gasteiger charge is 2.29. The lowest BCUT2D eigenvalue weighted by Gasteiger charge is -2.21. The van der Waals surface area contributed by atoms with Crippen LogP contribution >= 0.6 is 15.9 Å². The summed E-state index contributed by atoms with van der Waals surface area (Å²) in [5.41, 5.74) is 2.39. The molecule has 0 aliphatic heterocycles. The number of carbonyl (C=O) groups is 2. The first-order chi connectivity index (χ1) is 9.60. The van der Waals surface area contributed by atoms with Gasteiger partial charge < -0.3 is 9.47 Å². The molecule has 0 aromatic heterocycles. The van der Waals surface area contributed by atoms with Crippen LogP contribution in [0.15, 0.2) is 10.5 Å². The summed E-state index contributed by atoms with van der Waals surface area (Å²) in [6.45, 7) is 1.86. The molecule has 0 heterocycles. The van der Waals surface area contributed by atoms with Gasteiger partial charge in [0.05, 0.1) is 23.8 Å². The smallest absolute Gasteiger partial charge is 0.379 e. The van der Waals surface area contributed by atoms with Gasteiger partial charge in [-0.15, -0.1) is 0 Å². The third kappa shape index (κ3) is 2.73. The normalized spacial score (nSPS) is 13.6. The molecule has 0 fully saturated rings. The molecule has 1 aromatic carbocycles. The van der Waals surface area contributed by atoms with Crippen molar-refractivity contribution in [2.75, 3.05) is 13.7 Å². The third-order valence-electron chi connectivity index (χ3n) is 3.45. The zero-order valence-electron chi connectivity index (χ0n) is 11.6. The molecular formula is C15H17BrO4. The van der Waals surface area contributed by atoms with Crippen LogP contribution in [-0.2, 0) is 22.4 Å². The predicted molar refractivity (Wildman–Crippen MR) is 78.3 cm³/mol. The minimum absolute atomic E-state index is 0.184. The maximum atomic E-state index is 12.4. The Bertz CT molecular complexity index is 551. The van der Waals surface area contributed by atoms with Gasteiger partial charge in [0.25, 0.3) is 5.78 Å². The second-order valence-electron chi connectivity index (χ2n) is 4.66. The van der Waals surface area contributed by atoms with Gasteiger partial charge in [-0.2, -0.15) is 0 Å². The van der Waals surface area contributed by atoms with Gasteiger partial charge >= 0.3 is 5.97 Å². The van der Waals surface area contributed by atoms with Crippen LogP contribution in [-0.4, -0.2) is 25.5 Å². The number of fused-ring (bicyclic) bond motifs is 1. The second-order valence-corrected chi connectivity index (χ2v) is 5.52. The quantitative estimate of drug-likeness (QED) is 0.480. The lowest BCUT2D eigenvalue weighted by atomic mass is 9.86. The average Bonchev–Trinajstić information content (AvgIpc) is 2.45. The van der Waals surface area contributed by atoms with Crippen molar-refractivity contribution in [2.45, 2.75) is 32.6 Å². The zero-order valence-corrected chi connectivity index (χ0v) is 13.2. The number of aryl methyl sites for hydroxylation is 1. The van der Waals surface area contributed by atoms with E-state index in [1.54, 1.807) is 6.92 Å². The predicted octanol–water partition coefficient (Wildman–Crippen LogP) is 3.08. The van der Waals surface area contributed by atoms with Crippen LogP contribution in [0.4, 0.5) is 0 Å². The summed E-state index contributed by atoms with van der Waals surface area (Å²) in [6.07, 6.45) is 3.82. The van der Waals surface area contributed by atoms with Gasteiger partial charge in [0, 0.05) is 0 Å². The van der Waals surface area contributed by atoms with E-state index in [-0.39, 0.29) is 6.61 Å². The maximum absolute atomic E-state index is 12.4. The van der Waals surface area contributed by atoms with E-state index >= 15 is 0 Å². The first-order valence-electron chi connectivity index (χ1n) is 6.69. The monoisotopic (exact) mass is 340 g/mol. The molecule has 4 nitrogen and oxygen atoms in total. The number of ketones is 1. The molecule has 0 amide bonds. The molecule has 0 radical (unpaired) electrons. The number of rotatable bonds is 4. The number of hydrogen-bond acceptors (Lipinski definition) is 4. The van der Waals surface area contributed by atoms with Crippen LogP contribution in [0.2, 0.25) is 0 Å². The van der Waals surface area contributed by atoms with Gasteiger partial charge in [-0.3, -0.25) is 4.79 Å². The Kier molecular flexibility index (Phi) is 4.81. The molecule has 0 unspecified atom stereocenters. The number of esters is 1. The van der Waals surface area contributed by atoms with Crippen LogP contribution in [0.1, 0.15) is 41.3 Å². The molecule has 1 aliphatic carbocycles. The molecule has 0 atom stereocenters. The van der Waals surface area contributed by atoms with Crippen LogP contribution in [0, 0.1) is 0 Å². The zero-order chi connectivity index (χ0) is 14.7. The Balaban J connectivity index is 2.56. The summed E-state index contributed by atoms with van der Waals surface area (Å²) in [7, 11) is 1.50. The number of carbonyl (C=O) groups excluding carboxylic acids is 2. The molecule has 5 heteroatoms. The molecule has 0 spiro atoms. The van der Waals surface area contributed by atoms with Crippen molar-refractivity contribution < 1.29 is 19.1 Å². The van der Waals surface area contributed by atoms with Gasteiger partial charge in [0.1, 0.15) is 5.75 Å². The van der Waals surface area contributed by atoms with Crippen molar-refractivity contribution >= 4 is 27.7 Å². The molecular weight excluding hydrogens is 324 g/mol. The molecule has 2 rings (SSSR count). The molecule has 0 bridgehead atoms. The molecule has 0 saturated heterocycles. The number of halogens is 1. The topological polar surface area (TPSA) is 52.6 Å². The van der Waals surface area contributed by atoms with Crippen molar-refractivity contribution in [3.05, 3.63) is 27.2 Å². The Morgan fingerprint density at radius 1 is 1.30 bits per heavy atom. The fourth-order valence-corrected chi connectivity index (χ4v) is 3.22. The molecule has 0 N–H and O–H groups in total. The van der Waals surface area contributed by atoms with E-state index in [0.717, 1.165) is 36.8 Å². The number of benzene rings is 1. The third-order valence-corrected chi connectivity index (χ3v) is 4.04. The molecule has 108 valence electrons. The van der Waals surface area contributed by atoms with Crippen LogP contribution < -0.4 is 4.74 Å². The van der Waals surface area contributed by atoms with E-state index in [0.29, 0.717) is 15.8 Å². The fourth-order valence-electron chi connectivity index (χ4n) is 2.59. The lowest BCUT2D eigenvalue weighted by molar-refractivity contribution is -0.137. The largest absolute Gasteiger partial charge is 0.495 e. The maximum Gasteiger partial charge on any atom is 0.379 e. The summed E-state index contributed by atoms with van der Waals surface area (Å²) < 4.78 is 10.8. The Hall–Kier alpha value is -1.36. The van der Waals surface area contributed by atoms with Crippen molar-refractivity contribution in [3.8, 4) is 5.75 Å². The van der Waals surface area contributed by atoms with E-state index < -0.39 is 11.8 Å². The van der Waals surface area contributed by atoms with Gasteiger partial charge in [-0.1, -0.05) is 0 Å². The minimum Gasteiger partial charge on any atom is -0.495 e. The average molecular weight is 341 g/mol. The summed E-state index contributed by atoms with van der Waals surface area (Å²) in [6, 6.07) is 1.98. The molecule has 1 aromatic rings. The lowest BCUT2D eigenvalue weighted by Crippen LogP contribution is -2.22. The van der Waals surface area contributed by atoms with Crippen molar-refractivity contribution in [1.82, 2.24) is 0 Å². The number of ether oxygens (including phenoxy) is 2. The molecule has 20 heavy (non-hydrogen) atoms. The summed E-state index contributed by atoms with van der Waals surface area (Å²) in [4.78, 5) is 24.1. The van der Waals surface area contributed by atoms with Gasteiger partial charge in [-0.05, 0) is 65.7 Å². The van der Waals surface area contributed by atoms with Crippen molar-refractivity contribution in [1.29, 1.82) is 0 Å². The van der Waals surface area contributed by atoms with Gasteiger partial charge in [0.15, 0.2) is 0 Å². The van der Waals surface area contributed by atoms with E-state index in [9.17, 15) is 9.59 Å². The number of Topliss-reactive ketones (excluding diaryl/α,β-unsaturated/α-hetero) is 1. The highest BCUT2D eigenvalue weighted by atomic mass is 79.9. The van der Waals surface area contributed by atoms with Gasteiger partial charge in [-0.25, -0.2) is 4.79 Å². The van der Waals surface area contributed by atoms with Crippen molar-refractivity contribution in [2.24, 2.45) is 0 Å². The first-order valence-corrected chi connectivity index (χ1v) is 7.49. The van der Waals surface area contributed by atoms with Crippen molar-refractivity contribution in [3.63, 3.8) is 0 Å². The van der Waals surface area contributed by atoms with E-state index in [4.69, 9.17) is 9.47 Å². The Morgan fingerprint density at radius 2 is 2.00 bits per heavy atom. The van der Waals surface area contributed by atoms with E-state index in [2.05, 4.69) is 15.9 Å². The second kappa shape index (κ2) is 6.39. The van der Waals surface area contributed by atoms with E-state index in [1.807, 2.05) is 6.07 Å². The minimum atomic E-state index is -0.823. The Morgan fingerprint density at radius 3 is 2.65 bits per heavy atom. The highest BCUT2D eigenvalue weighted by molar-refractivity contribution is 9.10. The fraction of sp³-hybridized carbons (Fsp3) is 0.467. The number of hydrogen-bond donors (Lipinski definition) is 0. The number of methoxy groups -OCH3 is 1. The van der Waals surface area contributed by atoms with Crippen LogP contribution in [0.3, 0.4) is 0 Å². The summed E-state index contributed by atoms with van der Waals surface area (Å²) in [5, 5.41) is 0. The Labute approximate surface area is 126 Å². The first kappa shape index (κ1) is 15.0. The van der Waals surface area contributed by atoms with E-state index in [1.165, 1.54) is 7.11 Å². The molecule has 0 saturated carbocycles. The van der Waals surface area contributed by atoms with Crippen LogP contribution in [0.25, 0.3) is 0 Å². The standard InChI is InChI=1S/C15H17BrO4/c1-3-20-15(18)13(17)12-10-7-5-4-6-9(10)8-11(16)14(12)19-2/h8H,3-7H2,1-2H3. The van der Waals surface area contributed by atoms with Gasteiger partial charge in [0.2, 0.25) is 0 Å². The SMILES string of the molecule is CCOC(=O)C(=O)c1c2c(cc(Br)c1OC)CCCC2. The van der Waals surface area contributed by atoms with Crippen LogP contribution in [0.5, 0.6) is 5.75 Å². The summed E-state index contributed by atoms with van der Waals surface area (Å²) >= 11 is 3.41. The summed E-state index contributed by atoms with van der Waals surface area (Å²) in [5.74, 6) is -1.02.